The Hall–Kier alpha value is -4.19. The summed E-state index contributed by atoms with van der Waals surface area (Å²) in [6.07, 6.45) is -4.67. The van der Waals surface area contributed by atoms with Gasteiger partial charge in [0.25, 0.3) is 5.69 Å². The highest BCUT2D eigenvalue weighted by molar-refractivity contribution is 7.52. The van der Waals surface area contributed by atoms with Crippen molar-refractivity contribution in [3.8, 4) is 0 Å². The first kappa shape index (κ1) is 33.3. The molecule has 43 heavy (non-hydrogen) atoms. The van der Waals surface area contributed by atoms with E-state index in [4.69, 9.17) is 9.79 Å². The first-order valence-corrected chi connectivity index (χ1v) is 14.8. The molecular weight excluding hydrogens is 633 g/mol. The fourth-order valence-corrected chi connectivity index (χ4v) is 4.86. The molecule has 6 N–H and O–H groups in total. The van der Waals surface area contributed by atoms with Crippen molar-refractivity contribution in [3.05, 3.63) is 93.5 Å². The van der Waals surface area contributed by atoms with Gasteiger partial charge in [-0.25, -0.2) is 0 Å². The van der Waals surface area contributed by atoms with E-state index < -0.39 is 65.7 Å². The summed E-state index contributed by atoms with van der Waals surface area (Å²) in [6, 6.07) is 5.36. The molecule has 0 bridgehead atoms. The van der Waals surface area contributed by atoms with Gasteiger partial charge in [-0.05, 0) is 38.1 Å². The number of non-ortho nitro benzene ring substituents is 1. The number of aromatic nitrogens is 4. The van der Waals surface area contributed by atoms with Crippen LogP contribution in [0.2, 0.25) is 0 Å². The minimum absolute atomic E-state index is 0.0129. The van der Waals surface area contributed by atoms with E-state index in [2.05, 4.69) is 4.98 Å². The zero-order chi connectivity index (χ0) is 32.8. The number of nitro benzene ring substituents is 1. The van der Waals surface area contributed by atoms with Crippen LogP contribution < -0.4 is 22.2 Å². The second kappa shape index (κ2) is 11.5. The number of H-pyrrole nitrogens is 2. The zero-order valence-electron chi connectivity index (χ0n) is 21.5. The van der Waals surface area contributed by atoms with Crippen LogP contribution in [0.1, 0.15) is 31.0 Å². The van der Waals surface area contributed by atoms with Crippen molar-refractivity contribution in [1.82, 2.24) is 19.1 Å². The number of nitrogens with one attached hydrogen (secondary N) is 2. The van der Waals surface area contributed by atoms with Crippen molar-refractivity contribution >= 4 is 42.9 Å². The number of alkyl halides is 3. The Morgan fingerprint density at radius 2 is 1.19 bits per heavy atom. The molecule has 4 rings (SSSR count). The highest BCUT2D eigenvalue weighted by atomic mass is 31.2. The second-order valence-corrected chi connectivity index (χ2v) is 12.7. The Kier molecular flexibility index (Phi) is 8.89. The minimum Gasteiger partial charge on any atom is -0.323 e. The predicted molar refractivity (Wildman–Crippen MR) is 143 cm³/mol. The van der Waals surface area contributed by atoms with Crippen molar-refractivity contribution in [2.24, 2.45) is 0 Å². The maximum atomic E-state index is 12.7. The van der Waals surface area contributed by atoms with E-state index in [1.54, 1.807) is 0 Å². The van der Waals surface area contributed by atoms with Crippen molar-refractivity contribution in [2.75, 3.05) is 0 Å². The summed E-state index contributed by atoms with van der Waals surface area (Å²) in [6.45, 7) is 2.08. The minimum atomic E-state index is -4.79. The fourth-order valence-electron chi connectivity index (χ4n) is 3.80. The van der Waals surface area contributed by atoms with Crippen LogP contribution in [0.3, 0.4) is 0 Å². The van der Waals surface area contributed by atoms with Crippen LogP contribution in [0.4, 0.5) is 18.9 Å². The normalized spacial score (nSPS) is 13.8. The van der Waals surface area contributed by atoms with Crippen LogP contribution in [-0.2, 0) is 15.3 Å². The van der Waals surface area contributed by atoms with E-state index in [0.717, 1.165) is 38.1 Å². The third-order valence-corrected chi connectivity index (χ3v) is 8.49. The van der Waals surface area contributed by atoms with Crippen molar-refractivity contribution in [1.29, 1.82) is 0 Å². The van der Waals surface area contributed by atoms with Gasteiger partial charge in [0.2, 0.25) is 0 Å². The third kappa shape index (κ3) is 6.90. The summed E-state index contributed by atoms with van der Waals surface area (Å²) in [7, 11) is -9.47. The van der Waals surface area contributed by atoms with Gasteiger partial charge < -0.3 is 29.5 Å². The Bertz CT molecular complexity index is 2090. The van der Waals surface area contributed by atoms with Crippen LogP contribution in [0.25, 0.3) is 22.1 Å². The molecule has 232 valence electrons. The Morgan fingerprint density at radius 1 is 0.791 bits per heavy atom. The fraction of sp³-hybridized carbons (Fsp3) is 0.238. The van der Waals surface area contributed by atoms with Crippen LogP contribution in [0.15, 0.2) is 55.6 Å². The van der Waals surface area contributed by atoms with E-state index in [1.807, 2.05) is 4.98 Å². The number of hydrogen-bond acceptors (Lipinski definition) is 8. The smallest absolute Gasteiger partial charge is 0.323 e. The van der Waals surface area contributed by atoms with Crippen LogP contribution in [-0.4, -0.2) is 43.6 Å². The number of fused-ring (bicyclic) bond motifs is 2. The van der Waals surface area contributed by atoms with Crippen molar-refractivity contribution < 1.29 is 46.8 Å². The predicted octanol–water partition coefficient (Wildman–Crippen LogP) is 1.70. The molecule has 17 nitrogen and oxygen atoms in total. The average molecular weight is 653 g/mol. The molecule has 22 heteroatoms. The average Bonchev–Trinajstić information content (AvgIpc) is 2.87. The molecule has 0 radical (unpaired) electrons. The van der Waals surface area contributed by atoms with E-state index in [9.17, 15) is 61.4 Å². The number of benzene rings is 2. The van der Waals surface area contributed by atoms with Crippen LogP contribution in [0, 0.1) is 10.1 Å². The van der Waals surface area contributed by atoms with Gasteiger partial charge in [-0.3, -0.25) is 47.6 Å². The van der Waals surface area contributed by atoms with Gasteiger partial charge in [-0.15, -0.1) is 0 Å². The van der Waals surface area contributed by atoms with E-state index in [0.29, 0.717) is 21.3 Å². The van der Waals surface area contributed by atoms with Gasteiger partial charge in [0.15, 0.2) is 0 Å². The lowest BCUT2D eigenvalue weighted by Gasteiger charge is -2.19. The molecule has 0 fully saturated rings. The summed E-state index contributed by atoms with van der Waals surface area (Å²) in [5, 5.41) is 10.7. The summed E-state index contributed by atoms with van der Waals surface area (Å²) in [5.41, 5.74) is -6.83. The van der Waals surface area contributed by atoms with E-state index in [1.165, 1.54) is 0 Å². The van der Waals surface area contributed by atoms with Gasteiger partial charge in [0.1, 0.15) is 11.6 Å². The molecule has 2 unspecified atom stereocenters. The summed E-state index contributed by atoms with van der Waals surface area (Å²) in [5.74, 6) is -3.27. The number of halogens is 3. The van der Waals surface area contributed by atoms with Gasteiger partial charge in [-0.2, -0.15) is 13.2 Å². The molecular formula is C21H20F3N5O12P2. The second-order valence-electron chi connectivity index (χ2n) is 8.89. The number of rotatable bonds is 5. The molecule has 2 aromatic carbocycles. The van der Waals surface area contributed by atoms with E-state index >= 15 is 0 Å². The molecule has 0 amide bonds. The lowest BCUT2D eigenvalue weighted by atomic mass is 10.2. The van der Waals surface area contributed by atoms with Gasteiger partial charge in [0.05, 0.1) is 32.6 Å². The lowest BCUT2D eigenvalue weighted by molar-refractivity contribution is -0.384. The number of nitrogens with zero attached hydrogens (tertiary/aromatic N) is 3. The molecule has 2 aromatic heterocycles. The van der Waals surface area contributed by atoms with Gasteiger partial charge in [-0.1, -0.05) is 0 Å². The van der Waals surface area contributed by atoms with Crippen molar-refractivity contribution in [3.63, 3.8) is 0 Å². The molecule has 0 aliphatic heterocycles. The summed E-state index contributed by atoms with van der Waals surface area (Å²) < 4.78 is 61.7. The third-order valence-electron chi connectivity index (χ3n) is 6.08. The van der Waals surface area contributed by atoms with E-state index in [-0.39, 0.29) is 27.8 Å². The highest BCUT2D eigenvalue weighted by Gasteiger charge is 2.33. The molecule has 0 saturated carbocycles. The van der Waals surface area contributed by atoms with Gasteiger partial charge in [0, 0.05) is 12.1 Å². The first-order valence-electron chi connectivity index (χ1n) is 11.4. The topological polar surface area (TPSA) is 268 Å². The van der Waals surface area contributed by atoms with Crippen LogP contribution >= 0.6 is 15.2 Å². The van der Waals surface area contributed by atoms with Crippen molar-refractivity contribution in [2.45, 2.75) is 31.6 Å². The molecule has 0 spiro atoms. The molecule has 4 aromatic rings. The van der Waals surface area contributed by atoms with Crippen LogP contribution in [0.5, 0.6) is 0 Å². The quantitative estimate of drug-likeness (QED) is 0.0778. The Morgan fingerprint density at radius 3 is 1.56 bits per heavy atom. The number of nitro groups is 1. The zero-order valence-corrected chi connectivity index (χ0v) is 23.3. The maximum absolute atomic E-state index is 12.7. The molecule has 2 heterocycles. The SMILES string of the molecule is CC(n1c(=O)c(=O)[nH]c2cc(C(F)(F)F)ccc21)P(=O)(O)O.CC(n1c(=O)c(=O)[nH]c2cc([N+](=O)[O-])ccc21)P(=O)(O)O. The highest BCUT2D eigenvalue weighted by Crippen LogP contribution is 2.49. The molecule has 0 saturated heterocycles. The monoisotopic (exact) mass is 653 g/mol. The number of hydrogen-bond donors (Lipinski definition) is 6. The molecule has 2 atom stereocenters. The Balaban J connectivity index is 0.000000236. The molecule has 0 aliphatic rings. The lowest BCUT2D eigenvalue weighted by Crippen LogP contribution is -2.37. The number of aromatic amines is 2. The van der Waals surface area contributed by atoms with Gasteiger partial charge >= 0.3 is 43.6 Å². The maximum Gasteiger partial charge on any atom is 0.416 e. The summed E-state index contributed by atoms with van der Waals surface area (Å²) in [4.78, 5) is 97.5. The standard InChI is InChI=1S/C11H10F3N2O5P.C10H10N3O7P/c1-5(22(19,20)21)16-8-3-2-6(11(12,13)14)4-7(8)15-9(17)10(16)18;1-5(21(18,19)20)12-8-3-2-6(13(16)17)4-7(8)11-9(14)10(12)15/h2-5H,1H3,(H,15,17)(H2,19,20,21);2-5H,1H3,(H,11,14)(H2,18,19,20). The molecule has 0 aliphatic carbocycles. The largest absolute Gasteiger partial charge is 0.416 e. The summed E-state index contributed by atoms with van der Waals surface area (Å²) >= 11 is 0. The first-order chi connectivity index (χ1) is 19.6. The Labute approximate surface area is 234 Å².